The summed E-state index contributed by atoms with van der Waals surface area (Å²) in [5.74, 6) is 0.590. The van der Waals surface area contributed by atoms with Gasteiger partial charge in [-0.3, -0.25) is 4.57 Å². The van der Waals surface area contributed by atoms with Crippen molar-refractivity contribution in [1.82, 2.24) is 4.57 Å². The zero-order valence-electron chi connectivity index (χ0n) is 19.1. The second kappa shape index (κ2) is 7.67. The van der Waals surface area contributed by atoms with Crippen molar-refractivity contribution in [3.8, 4) is 29.3 Å². The van der Waals surface area contributed by atoms with Gasteiger partial charge in [0.1, 0.15) is 11.4 Å². The molecule has 1 aromatic heterocycles. The number of nitriles is 1. The van der Waals surface area contributed by atoms with Crippen LogP contribution in [0.5, 0.6) is 17.5 Å². The Morgan fingerprint density at radius 2 is 1.80 bits per heavy atom. The maximum Gasteiger partial charge on any atom is 0.205 e. The molecule has 0 aliphatic carbocycles. The number of fused-ring (bicyclic) bond motifs is 6. The molecular weight excluding hydrogens is 464 g/mol. The molecule has 35 heavy (non-hydrogen) atoms. The van der Waals surface area contributed by atoms with E-state index >= 15 is 0 Å². The number of aromatic nitrogens is 1. The van der Waals surface area contributed by atoms with Crippen LogP contribution < -0.4 is 4.74 Å². The number of hydrogen-bond acceptors (Lipinski definition) is 5. The standard InChI is InChI=1S/C28H23ClN2O4/c1-27-11-12-28(35-27,13-14-34-19-6-4-5-18(29)15-19)24-23(27)25(32)31(26(24)33)22-10-9-17(16-30)20-7-2-3-8-21(20)22/h2-10,15,32-33H,11-14H2,1H3/t27-,28-/m0/s1. The van der Waals surface area contributed by atoms with E-state index in [0.29, 0.717) is 52.6 Å². The van der Waals surface area contributed by atoms with Gasteiger partial charge in [0, 0.05) is 22.2 Å². The van der Waals surface area contributed by atoms with Crippen LogP contribution in [0.4, 0.5) is 0 Å². The largest absolute Gasteiger partial charge is 0.494 e. The summed E-state index contributed by atoms with van der Waals surface area (Å²) in [5, 5.41) is 34.6. The first-order chi connectivity index (χ1) is 16.9. The van der Waals surface area contributed by atoms with Gasteiger partial charge in [0.2, 0.25) is 11.8 Å². The number of hydrogen-bond donors (Lipinski definition) is 2. The monoisotopic (exact) mass is 486 g/mol. The highest BCUT2D eigenvalue weighted by Crippen LogP contribution is 2.65. The summed E-state index contributed by atoms with van der Waals surface area (Å²) < 4.78 is 13.9. The SMILES string of the molecule is C[C@@]12CC[C@@](CCOc3cccc(Cl)c3)(O1)c1c2c(O)n(-c2ccc(C#N)c3ccccc23)c1O. The van der Waals surface area contributed by atoms with Crippen LogP contribution in [-0.4, -0.2) is 21.4 Å². The van der Waals surface area contributed by atoms with Crippen molar-refractivity contribution in [1.29, 1.82) is 5.26 Å². The zero-order chi connectivity index (χ0) is 24.4. The van der Waals surface area contributed by atoms with Crippen molar-refractivity contribution in [2.24, 2.45) is 0 Å². The van der Waals surface area contributed by atoms with E-state index < -0.39 is 11.2 Å². The summed E-state index contributed by atoms with van der Waals surface area (Å²) in [5.41, 5.74) is 0.910. The Kier molecular flexibility index (Phi) is 4.79. The predicted molar refractivity (Wildman–Crippen MR) is 132 cm³/mol. The molecule has 0 radical (unpaired) electrons. The lowest BCUT2D eigenvalue weighted by atomic mass is 9.78. The molecule has 6 rings (SSSR count). The van der Waals surface area contributed by atoms with Crippen LogP contribution in [0.15, 0.2) is 60.7 Å². The van der Waals surface area contributed by atoms with E-state index in [1.54, 1.807) is 24.3 Å². The predicted octanol–water partition coefficient (Wildman–Crippen LogP) is 6.27. The van der Waals surface area contributed by atoms with Crippen molar-refractivity contribution in [2.45, 2.75) is 37.4 Å². The molecule has 0 spiro atoms. The van der Waals surface area contributed by atoms with Crippen LogP contribution >= 0.6 is 11.6 Å². The van der Waals surface area contributed by atoms with Crippen LogP contribution in [0.25, 0.3) is 16.5 Å². The molecule has 1 fully saturated rings. The summed E-state index contributed by atoms with van der Waals surface area (Å²) in [7, 11) is 0. The lowest BCUT2D eigenvalue weighted by molar-refractivity contribution is -0.0876. The van der Waals surface area contributed by atoms with Crippen LogP contribution in [-0.2, 0) is 15.9 Å². The first-order valence-corrected chi connectivity index (χ1v) is 11.9. The second-order valence-corrected chi connectivity index (χ2v) is 9.84. The summed E-state index contributed by atoms with van der Waals surface area (Å²) in [6, 6.07) is 20.4. The molecule has 3 heterocycles. The maximum absolute atomic E-state index is 11.5. The molecule has 0 unspecified atom stereocenters. The Labute approximate surface area is 207 Å². The average molecular weight is 487 g/mol. The number of rotatable bonds is 5. The molecule has 176 valence electrons. The van der Waals surface area contributed by atoms with E-state index in [1.165, 1.54) is 4.57 Å². The van der Waals surface area contributed by atoms with Gasteiger partial charge in [-0.05, 0) is 50.1 Å². The van der Waals surface area contributed by atoms with Gasteiger partial charge in [-0.15, -0.1) is 0 Å². The Bertz CT molecular complexity index is 1540. The second-order valence-electron chi connectivity index (χ2n) is 9.41. The molecule has 2 aliphatic heterocycles. The topological polar surface area (TPSA) is 87.6 Å². The third kappa shape index (κ3) is 3.12. The van der Waals surface area contributed by atoms with E-state index in [1.807, 2.05) is 43.3 Å². The minimum absolute atomic E-state index is 0.0350. The molecule has 0 saturated carbocycles. The molecule has 3 aromatic carbocycles. The van der Waals surface area contributed by atoms with Crippen LogP contribution in [0.3, 0.4) is 0 Å². The molecule has 2 aliphatic rings. The highest BCUT2D eigenvalue weighted by molar-refractivity contribution is 6.30. The first kappa shape index (κ1) is 21.8. The van der Waals surface area contributed by atoms with Crippen molar-refractivity contribution >= 4 is 22.4 Å². The smallest absolute Gasteiger partial charge is 0.205 e. The fraction of sp³-hybridized carbons (Fsp3) is 0.250. The highest BCUT2D eigenvalue weighted by Gasteiger charge is 2.61. The van der Waals surface area contributed by atoms with Gasteiger partial charge in [-0.25, -0.2) is 0 Å². The fourth-order valence-electron chi connectivity index (χ4n) is 5.80. The third-order valence-corrected chi connectivity index (χ3v) is 7.60. The van der Waals surface area contributed by atoms with Crippen molar-refractivity contribution in [3.63, 3.8) is 0 Å². The zero-order valence-corrected chi connectivity index (χ0v) is 19.8. The molecule has 2 atom stereocenters. The van der Waals surface area contributed by atoms with Crippen LogP contribution in [0.2, 0.25) is 5.02 Å². The van der Waals surface area contributed by atoms with Gasteiger partial charge in [0.05, 0.1) is 40.7 Å². The Morgan fingerprint density at radius 1 is 1.03 bits per heavy atom. The highest BCUT2D eigenvalue weighted by atomic mass is 35.5. The molecule has 2 N–H and O–H groups in total. The number of halogens is 1. The minimum atomic E-state index is -0.766. The molecule has 0 amide bonds. The number of aromatic hydroxyl groups is 2. The van der Waals surface area contributed by atoms with E-state index in [-0.39, 0.29) is 11.8 Å². The average Bonchev–Trinajstić information content (AvgIpc) is 3.43. The number of benzene rings is 3. The molecule has 4 aromatic rings. The first-order valence-electron chi connectivity index (χ1n) is 11.6. The molecule has 6 nitrogen and oxygen atoms in total. The Balaban J connectivity index is 1.44. The lowest BCUT2D eigenvalue weighted by Crippen LogP contribution is -2.25. The van der Waals surface area contributed by atoms with E-state index in [0.717, 1.165) is 17.2 Å². The Morgan fingerprint density at radius 3 is 2.57 bits per heavy atom. The lowest BCUT2D eigenvalue weighted by Gasteiger charge is -2.26. The fourth-order valence-corrected chi connectivity index (χ4v) is 5.98. The molecule has 7 heteroatoms. The van der Waals surface area contributed by atoms with Gasteiger partial charge < -0.3 is 19.7 Å². The number of ether oxygens (including phenoxy) is 2. The van der Waals surface area contributed by atoms with E-state index in [2.05, 4.69) is 6.07 Å². The van der Waals surface area contributed by atoms with Crippen LogP contribution in [0, 0.1) is 11.3 Å². The van der Waals surface area contributed by atoms with Gasteiger partial charge in [0.25, 0.3) is 0 Å². The van der Waals surface area contributed by atoms with Crippen molar-refractivity contribution in [3.05, 3.63) is 82.4 Å². The van der Waals surface area contributed by atoms with Crippen molar-refractivity contribution < 1.29 is 19.7 Å². The maximum atomic E-state index is 11.5. The summed E-state index contributed by atoms with van der Waals surface area (Å²) in [4.78, 5) is 0. The molecular formula is C28H23ClN2O4. The van der Waals surface area contributed by atoms with E-state index in [4.69, 9.17) is 21.1 Å². The summed E-state index contributed by atoms with van der Waals surface area (Å²) >= 11 is 6.07. The minimum Gasteiger partial charge on any atom is -0.494 e. The molecule has 1 saturated heterocycles. The van der Waals surface area contributed by atoms with Gasteiger partial charge in [-0.2, -0.15) is 5.26 Å². The normalized spacial score (nSPS) is 22.3. The summed E-state index contributed by atoms with van der Waals surface area (Å²) in [6.07, 6.45) is 1.94. The quantitative estimate of drug-likeness (QED) is 0.347. The number of nitrogens with zero attached hydrogens (tertiary/aromatic N) is 2. The van der Waals surface area contributed by atoms with Crippen LogP contribution in [0.1, 0.15) is 42.9 Å². The molecule has 2 bridgehead atoms. The van der Waals surface area contributed by atoms with Crippen molar-refractivity contribution in [2.75, 3.05) is 6.61 Å². The van der Waals surface area contributed by atoms with E-state index in [9.17, 15) is 15.5 Å². The van der Waals surface area contributed by atoms with Gasteiger partial charge in [0.15, 0.2) is 0 Å². The van der Waals surface area contributed by atoms with Gasteiger partial charge in [-0.1, -0.05) is 41.9 Å². The summed E-state index contributed by atoms with van der Waals surface area (Å²) in [6.45, 7) is 2.32. The Hall–Kier alpha value is -3.66. The van der Waals surface area contributed by atoms with Gasteiger partial charge >= 0.3 is 0 Å². The third-order valence-electron chi connectivity index (χ3n) is 7.36.